The molecule has 1 aliphatic heterocycles. The minimum atomic E-state index is 0. The summed E-state index contributed by atoms with van der Waals surface area (Å²) in [4.78, 5) is 9.61. The fraction of sp³-hybridized carbons (Fsp3) is 0.476. The van der Waals surface area contributed by atoms with Crippen molar-refractivity contribution in [1.82, 2.24) is 14.8 Å². The number of aliphatic imine (C=N–C) groups is 1. The quantitative estimate of drug-likeness (QED) is 0.390. The van der Waals surface area contributed by atoms with Crippen LogP contribution in [0.15, 0.2) is 53.7 Å². The summed E-state index contributed by atoms with van der Waals surface area (Å²) < 4.78 is 2.16. The lowest BCUT2D eigenvalue weighted by Crippen LogP contribution is -2.39. The topological polar surface area (TPSA) is 35.8 Å². The minimum Gasteiger partial charge on any atom is -0.371 e. The number of aromatic nitrogens is 1. The molecule has 1 aliphatic rings. The van der Waals surface area contributed by atoms with Gasteiger partial charge < -0.3 is 19.7 Å². The van der Waals surface area contributed by atoms with Crippen molar-refractivity contribution >= 4 is 35.6 Å². The standard InChI is InChI=1S/C21H31N5.HI/c1-4-22-21(25(3)17-20-11-8-13-24(20)2)23-15-18-12-14-26(16-18)19-9-6-5-7-10-19;/h5-11,13,18H,4,12,14-17H2,1-3H3,(H,22,23);1H. The molecule has 1 aromatic carbocycles. The van der Waals surface area contributed by atoms with Gasteiger partial charge in [0.05, 0.1) is 6.54 Å². The van der Waals surface area contributed by atoms with Crippen LogP contribution < -0.4 is 10.2 Å². The van der Waals surface area contributed by atoms with Crippen molar-refractivity contribution in [2.45, 2.75) is 19.9 Å². The molecule has 5 nitrogen and oxygen atoms in total. The third kappa shape index (κ3) is 5.89. The van der Waals surface area contributed by atoms with Gasteiger partial charge in [-0.15, -0.1) is 24.0 Å². The van der Waals surface area contributed by atoms with Crippen molar-refractivity contribution in [2.75, 3.05) is 38.1 Å². The molecule has 0 spiro atoms. The molecule has 6 heteroatoms. The Hall–Kier alpha value is -1.70. The Morgan fingerprint density at radius 2 is 2.00 bits per heavy atom. The summed E-state index contributed by atoms with van der Waals surface area (Å²) in [6, 6.07) is 14.9. The molecular weight excluding hydrogens is 449 g/mol. The largest absolute Gasteiger partial charge is 0.371 e. The van der Waals surface area contributed by atoms with Crippen molar-refractivity contribution < 1.29 is 0 Å². The lowest BCUT2D eigenvalue weighted by Gasteiger charge is -2.23. The van der Waals surface area contributed by atoms with E-state index in [0.717, 1.165) is 38.7 Å². The van der Waals surface area contributed by atoms with Gasteiger partial charge in [-0.25, -0.2) is 0 Å². The first kappa shape index (κ1) is 21.6. The predicted molar refractivity (Wildman–Crippen MR) is 125 cm³/mol. The average molecular weight is 481 g/mol. The summed E-state index contributed by atoms with van der Waals surface area (Å²) in [6.45, 7) is 6.96. The van der Waals surface area contributed by atoms with Crippen LogP contribution in [0.3, 0.4) is 0 Å². The van der Waals surface area contributed by atoms with E-state index in [9.17, 15) is 0 Å². The number of guanidine groups is 1. The number of halogens is 1. The molecule has 1 unspecified atom stereocenters. The smallest absolute Gasteiger partial charge is 0.194 e. The van der Waals surface area contributed by atoms with Crippen LogP contribution in [0.25, 0.3) is 0 Å². The highest BCUT2D eigenvalue weighted by molar-refractivity contribution is 14.0. The first-order chi connectivity index (χ1) is 12.7. The van der Waals surface area contributed by atoms with Gasteiger partial charge in [-0.1, -0.05) is 18.2 Å². The number of para-hydroxylation sites is 1. The molecule has 1 aromatic heterocycles. The minimum absolute atomic E-state index is 0. The number of rotatable bonds is 6. The number of nitrogens with one attached hydrogen (secondary N) is 1. The fourth-order valence-corrected chi connectivity index (χ4v) is 3.52. The van der Waals surface area contributed by atoms with Crippen LogP contribution in [0.5, 0.6) is 0 Å². The number of anilines is 1. The molecule has 27 heavy (non-hydrogen) atoms. The molecule has 3 rings (SSSR count). The molecule has 2 aromatic rings. The zero-order valence-corrected chi connectivity index (χ0v) is 19.0. The highest BCUT2D eigenvalue weighted by Gasteiger charge is 2.22. The van der Waals surface area contributed by atoms with Crippen LogP contribution in [-0.4, -0.2) is 48.7 Å². The molecule has 1 fully saturated rings. The van der Waals surface area contributed by atoms with E-state index >= 15 is 0 Å². The van der Waals surface area contributed by atoms with Crippen molar-refractivity contribution in [3.05, 3.63) is 54.4 Å². The lowest BCUT2D eigenvalue weighted by molar-refractivity contribution is 0.458. The van der Waals surface area contributed by atoms with E-state index in [0.29, 0.717) is 5.92 Å². The highest BCUT2D eigenvalue weighted by Crippen LogP contribution is 2.23. The summed E-state index contributed by atoms with van der Waals surface area (Å²) in [5.41, 5.74) is 2.61. The second kappa shape index (κ2) is 10.6. The number of hydrogen-bond donors (Lipinski definition) is 1. The number of benzene rings is 1. The third-order valence-corrected chi connectivity index (χ3v) is 5.05. The molecular formula is C21H32IN5. The zero-order valence-electron chi connectivity index (χ0n) is 16.6. The van der Waals surface area contributed by atoms with Gasteiger partial charge in [0.15, 0.2) is 5.96 Å². The first-order valence-electron chi connectivity index (χ1n) is 9.57. The summed E-state index contributed by atoms with van der Waals surface area (Å²) in [6.07, 6.45) is 3.29. The maximum absolute atomic E-state index is 4.93. The molecule has 0 bridgehead atoms. The normalized spacial score (nSPS) is 16.9. The van der Waals surface area contributed by atoms with Crippen LogP contribution in [0.4, 0.5) is 5.69 Å². The highest BCUT2D eigenvalue weighted by atomic mass is 127. The molecule has 1 atom stereocenters. The molecule has 0 aliphatic carbocycles. The van der Waals surface area contributed by atoms with Crippen LogP contribution in [0, 0.1) is 5.92 Å². The molecule has 0 radical (unpaired) electrons. The van der Waals surface area contributed by atoms with Crippen molar-refractivity contribution in [2.24, 2.45) is 18.0 Å². The SMILES string of the molecule is CCNC(=NCC1CCN(c2ccccc2)C1)N(C)Cc1cccn1C.I. The monoisotopic (exact) mass is 481 g/mol. The maximum Gasteiger partial charge on any atom is 0.194 e. The molecule has 1 N–H and O–H groups in total. The zero-order chi connectivity index (χ0) is 18.4. The van der Waals surface area contributed by atoms with Gasteiger partial charge in [-0.05, 0) is 43.5 Å². The molecule has 2 heterocycles. The average Bonchev–Trinajstić information content (AvgIpc) is 3.29. The fourth-order valence-electron chi connectivity index (χ4n) is 3.52. The van der Waals surface area contributed by atoms with Crippen LogP contribution in [0.2, 0.25) is 0 Å². The Bertz CT molecular complexity index is 712. The maximum atomic E-state index is 4.93. The summed E-state index contributed by atoms with van der Waals surface area (Å²) in [5, 5.41) is 3.43. The van der Waals surface area contributed by atoms with Gasteiger partial charge in [0.1, 0.15) is 0 Å². The summed E-state index contributed by atoms with van der Waals surface area (Å²) in [7, 11) is 4.20. The molecule has 148 valence electrons. The van der Waals surface area contributed by atoms with Gasteiger partial charge in [-0.3, -0.25) is 4.99 Å². The van der Waals surface area contributed by atoms with E-state index in [-0.39, 0.29) is 24.0 Å². The number of aryl methyl sites for hydroxylation is 1. The van der Waals surface area contributed by atoms with Crippen LogP contribution in [0.1, 0.15) is 19.0 Å². The molecule has 0 amide bonds. The summed E-state index contributed by atoms with van der Waals surface area (Å²) >= 11 is 0. The van der Waals surface area contributed by atoms with Crippen molar-refractivity contribution in [3.63, 3.8) is 0 Å². The van der Waals surface area contributed by atoms with E-state index in [1.165, 1.54) is 17.8 Å². The Morgan fingerprint density at radius 1 is 1.22 bits per heavy atom. The number of nitrogens with zero attached hydrogens (tertiary/aromatic N) is 4. The van der Waals surface area contributed by atoms with E-state index in [2.05, 4.69) is 89.4 Å². The Labute approximate surface area is 180 Å². The Balaban J connectivity index is 0.00000261. The van der Waals surface area contributed by atoms with Crippen LogP contribution >= 0.6 is 24.0 Å². The van der Waals surface area contributed by atoms with E-state index < -0.39 is 0 Å². The number of hydrogen-bond acceptors (Lipinski definition) is 2. The summed E-state index contributed by atoms with van der Waals surface area (Å²) in [5.74, 6) is 1.61. The molecule has 1 saturated heterocycles. The lowest BCUT2D eigenvalue weighted by atomic mass is 10.1. The van der Waals surface area contributed by atoms with Gasteiger partial charge in [0.2, 0.25) is 0 Å². The van der Waals surface area contributed by atoms with E-state index in [1.807, 2.05) is 0 Å². The van der Waals surface area contributed by atoms with Gasteiger partial charge >= 0.3 is 0 Å². The van der Waals surface area contributed by atoms with Gasteiger partial charge in [-0.2, -0.15) is 0 Å². The van der Waals surface area contributed by atoms with Gasteiger partial charge in [0.25, 0.3) is 0 Å². The van der Waals surface area contributed by atoms with Crippen LogP contribution in [-0.2, 0) is 13.6 Å². The van der Waals surface area contributed by atoms with Gasteiger partial charge in [0, 0.05) is 57.9 Å². The van der Waals surface area contributed by atoms with E-state index in [1.54, 1.807) is 0 Å². The van der Waals surface area contributed by atoms with E-state index in [4.69, 9.17) is 4.99 Å². The Morgan fingerprint density at radius 3 is 2.67 bits per heavy atom. The second-order valence-electron chi connectivity index (χ2n) is 7.10. The molecule has 0 saturated carbocycles. The first-order valence-corrected chi connectivity index (χ1v) is 9.57. The Kier molecular flexibility index (Phi) is 8.47. The predicted octanol–water partition coefficient (Wildman–Crippen LogP) is 3.57. The van der Waals surface area contributed by atoms with Crippen molar-refractivity contribution in [1.29, 1.82) is 0 Å². The second-order valence-corrected chi connectivity index (χ2v) is 7.10. The third-order valence-electron chi connectivity index (χ3n) is 5.05. The van der Waals surface area contributed by atoms with Crippen molar-refractivity contribution in [3.8, 4) is 0 Å².